The first-order valence-electron chi connectivity index (χ1n) is 17.1. The number of anilines is 2. The van der Waals surface area contributed by atoms with Crippen LogP contribution in [0.15, 0.2) is 48.5 Å². The summed E-state index contributed by atoms with van der Waals surface area (Å²) in [5.41, 5.74) is 5.01. The number of nitrogens with one attached hydrogen (secondary N) is 2. The van der Waals surface area contributed by atoms with Crippen LogP contribution in [0.1, 0.15) is 121 Å². The second-order valence-corrected chi connectivity index (χ2v) is 12.4. The van der Waals surface area contributed by atoms with Crippen LogP contribution in [0.25, 0.3) is 21.9 Å². The lowest BCUT2D eigenvalue weighted by Crippen LogP contribution is -2.20. The van der Waals surface area contributed by atoms with E-state index in [4.69, 9.17) is 9.97 Å². The number of rotatable bonds is 16. The quantitative estimate of drug-likeness (QED) is 0.103. The minimum absolute atomic E-state index is 0.446. The first kappa shape index (κ1) is 31.1. The first-order chi connectivity index (χ1) is 21.2. The molecule has 1 fully saturated rings. The van der Waals surface area contributed by atoms with E-state index in [9.17, 15) is 0 Å². The normalized spacial score (nSPS) is 13.7. The summed E-state index contributed by atoms with van der Waals surface area (Å²) in [6, 6.07) is 16.7. The number of H-pyrrole nitrogens is 1. The Balaban J connectivity index is 1.12. The lowest BCUT2D eigenvalue weighted by atomic mass is 9.98. The maximum atomic E-state index is 5.13. The third-order valence-corrected chi connectivity index (χ3v) is 8.87. The van der Waals surface area contributed by atoms with Gasteiger partial charge in [-0.1, -0.05) is 88.8 Å². The molecule has 5 rings (SSSR count). The van der Waals surface area contributed by atoms with Gasteiger partial charge < -0.3 is 15.2 Å². The van der Waals surface area contributed by atoms with Crippen molar-refractivity contribution in [3.8, 4) is 11.8 Å². The molecule has 2 aromatic heterocycles. The zero-order valence-electron chi connectivity index (χ0n) is 26.6. The van der Waals surface area contributed by atoms with Gasteiger partial charge in [-0.15, -0.1) is 0 Å². The molecule has 5 heteroatoms. The molecule has 4 aromatic rings. The van der Waals surface area contributed by atoms with E-state index in [1.165, 1.54) is 77.4 Å². The van der Waals surface area contributed by atoms with Crippen molar-refractivity contribution in [1.29, 1.82) is 0 Å². The van der Waals surface area contributed by atoms with Gasteiger partial charge in [-0.05, 0) is 88.5 Å². The molecule has 1 saturated heterocycles. The highest BCUT2D eigenvalue weighted by Gasteiger charge is 2.19. The maximum Gasteiger partial charge on any atom is 0.157 e. The molecular formula is C38H51N5. The maximum absolute atomic E-state index is 5.13. The second kappa shape index (κ2) is 16.5. The Morgan fingerprint density at radius 1 is 0.837 bits per heavy atom. The predicted molar refractivity (Wildman–Crippen MR) is 183 cm³/mol. The number of likely N-dealkylation sites (tertiary alicyclic amines) is 1. The number of aromatic amines is 1. The van der Waals surface area contributed by atoms with Gasteiger partial charge in [-0.3, -0.25) is 0 Å². The molecule has 0 radical (unpaired) electrons. The Morgan fingerprint density at radius 3 is 2.28 bits per heavy atom. The summed E-state index contributed by atoms with van der Waals surface area (Å²) in [6.07, 6.45) is 17.8. The Morgan fingerprint density at radius 2 is 1.53 bits per heavy atom. The van der Waals surface area contributed by atoms with Crippen molar-refractivity contribution >= 4 is 33.4 Å². The summed E-state index contributed by atoms with van der Waals surface area (Å²) in [5.74, 6) is 9.10. The van der Waals surface area contributed by atoms with Gasteiger partial charge in [-0.25, -0.2) is 9.97 Å². The van der Waals surface area contributed by atoms with Crippen molar-refractivity contribution < 1.29 is 0 Å². The summed E-state index contributed by atoms with van der Waals surface area (Å²) in [6.45, 7) is 8.49. The molecule has 1 aliphatic heterocycles. The van der Waals surface area contributed by atoms with Crippen LogP contribution in [0.4, 0.5) is 11.5 Å². The Hall–Kier alpha value is -3.36. The average Bonchev–Trinajstić information content (AvgIpc) is 3.72. The molecule has 2 N–H and O–H groups in total. The van der Waals surface area contributed by atoms with Gasteiger partial charge in [0.25, 0.3) is 0 Å². The Kier molecular flexibility index (Phi) is 11.9. The van der Waals surface area contributed by atoms with E-state index in [1.807, 2.05) is 6.07 Å². The molecule has 0 bridgehead atoms. The zero-order valence-corrected chi connectivity index (χ0v) is 26.6. The van der Waals surface area contributed by atoms with Gasteiger partial charge in [0.2, 0.25) is 0 Å². The van der Waals surface area contributed by atoms with Gasteiger partial charge in [0.05, 0.1) is 5.52 Å². The van der Waals surface area contributed by atoms with Crippen LogP contribution >= 0.6 is 0 Å². The van der Waals surface area contributed by atoms with Gasteiger partial charge in [0.15, 0.2) is 5.82 Å². The summed E-state index contributed by atoms with van der Waals surface area (Å²) < 4.78 is 0. The van der Waals surface area contributed by atoms with Crippen LogP contribution in [0, 0.1) is 11.8 Å². The summed E-state index contributed by atoms with van der Waals surface area (Å²) in [7, 11) is 0. The zero-order chi connectivity index (χ0) is 29.7. The SMILES string of the molecule is CCCC(CCC)c1nc2c([nH]1)c(Nc1ccc(C#CCCCCCCCCCN3CCCC3)cc1)nc1ccccc12. The van der Waals surface area contributed by atoms with E-state index >= 15 is 0 Å². The van der Waals surface area contributed by atoms with Crippen molar-refractivity contribution in [2.24, 2.45) is 0 Å². The number of unbranched alkanes of at least 4 members (excludes halogenated alkanes) is 7. The minimum Gasteiger partial charge on any atom is -0.339 e. The summed E-state index contributed by atoms with van der Waals surface area (Å²) in [5, 5.41) is 4.67. The fourth-order valence-electron chi connectivity index (χ4n) is 6.48. The number of para-hydroxylation sites is 1. The number of nitrogens with zero attached hydrogens (tertiary/aromatic N) is 3. The number of fused-ring (bicyclic) bond motifs is 3. The second-order valence-electron chi connectivity index (χ2n) is 12.4. The lowest BCUT2D eigenvalue weighted by Gasteiger charge is -2.13. The van der Waals surface area contributed by atoms with Crippen LogP contribution in [0.5, 0.6) is 0 Å². The first-order valence-corrected chi connectivity index (χ1v) is 17.1. The third-order valence-electron chi connectivity index (χ3n) is 8.87. The Bertz CT molecular complexity index is 1460. The fourth-order valence-corrected chi connectivity index (χ4v) is 6.48. The van der Waals surface area contributed by atoms with Crippen molar-refractivity contribution in [2.75, 3.05) is 25.0 Å². The molecule has 1 aliphatic rings. The summed E-state index contributed by atoms with van der Waals surface area (Å²) in [4.78, 5) is 16.4. The van der Waals surface area contributed by atoms with E-state index in [1.54, 1.807) is 0 Å². The molecule has 0 atom stereocenters. The largest absolute Gasteiger partial charge is 0.339 e. The molecule has 2 aromatic carbocycles. The minimum atomic E-state index is 0.446. The van der Waals surface area contributed by atoms with E-state index in [0.717, 1.165) is 76.9 Å². The molecule has 0 spiro atoms. The third kappa shape index (κ3) is 8.83. The lowest BCUT2D eigenvalue weighted by molar-refractivity contribution is 0.327. The number of imidazole rings is 1. The Labute approximate surface area is 259 Å². The monoisotopic (exact) mass is 577 g/mol. The number of benzene rings is 2. The highest BCUT2D eigenvalue weighted by molar-refractivity contribution is 6.07. The number of aromatic nitrogens is 3. The molecule has 0 unspecified atom stereocenters. The van der Waals surface area contributed by atoms with E-state index in [0.29, 0.717) is 5.92 Å². The van der Waals surface area contributed by atoms with Crippen molar-refractivity contribution in [1.82, 2.24) is 19.9 Å². The number of hydrogen-bond acceptors (Lipinski definition) is 4. The van der Waals surface area contributed by atoms with Crippen molar-refractivity contribution in [2.45, 2.75) is 110 Å². The van der Waals surface area contributed by atoms with Gasteiger partial charge in [0, 0.05) is 29.0 Å². The molecule has 0 amide bonds. The molecule has 228 valence electrons. The molecular weight excluding hydrogens is 526 g/mol. The topological polar surface area (TPSA) is 56.8 Å². The van der Waals surface area contributed by atoms with E-state index < -0.39 is 0 Å². The van der Waals surface area contributed by atoms with E-state index in [2.05, 4.69) is 83.4 Å². The van der Waals surface area contributed by atoms with Gasteiger partial charge >= 0.3 is 0 Å². The van der Waals surface area contributed by atoms with Crippen LogP contribution in [0.3, 0.4) is 0 Å². The predicted octanol–water partition coefficient (Wildman–Crippen LogP) is 10.1. The highest BCUT2D eigenvalue weighted by atomic mass is 15.1. The number of hydrogen-bond donors (Lipinski definition) is 2. The van der Waals surface area contributed by atoms with Gasteiger partial charge in [0.1, 0.15) is 16.9 Å². The molecule has 0 saturated carbocycles. The average molecular weight is 578 g/mol. The molecule has 5 nitrogen and oxygen atoms in total. The smallest absolute Gasteiger partial charge is 0.157 e. The molecule has 3 heterocycles. The van der Waals surface area contributed by atoms with Crippen molar-refractivity contribution in [3.63, 3.8) is 0 Å². The fraction of sp³-hybridized carbons (Fsp3) is 0.526. The standard InChI is InChI=1S/C38H51N5/c1-3-18-31(19-4-2)37-41-35-33-21-13-14-22-34(33)40-38(36(35)42-37)39-32-25-23-30(24-26-32)20-12-10-8-6-5-7-9-11-15-27-43-28-16-17-29-43/h13-14,21-26,31H,3-11,15-19,27-29H2,1-2H3,(H,39,40)(H,41,42). The molecule has 0 aliphatic carbocycles. The van der Waals surface area contributed by atoms with Crippen LogP contribution in [-0.2, 0) is 0 Å². The van der Waals surface area contributed by atoms with Crippen LogP contribution < -0.4 is 5.32 Å². The van der Waals surface area contributed by atoms with Gasteiger partial charge in [-0.2, -0.15) is 0 Å². The van der Waals surface area contributed by atoms with E-state index in [-0.39, 0.29) is 0 Å². The highest BCUT2D eigenvalue weighted by Crippen LogP contribution is 2.33. The van der Waals surface area contributed by atoms with Crippen LogP contribution in [0.2, 0.25) is 0 Å². The molecule has 43 heavy (non-hydrogen) atoms. The van der Waals surface area contributed by atoms with Crippen LogP contribution in [-0.4, -0.2) is 39.5 Å². The van der Waals surface area contributed by atoms with Crippen molar-refractivity contribution in [3.05, 3.63) is 59.9 Å². The summed E-state index contributed by atoms with van der Waals surface area (Å²) >= 11 is 0. The number of pyridine rings is 1.